The zero-order valence-corrected chi connectivity index (χ0v) is 12.7. The number of nitrogens with zero attached hydrogens (tertiary/aromatic N) is 1. The molecule has 2 unspecified atom stereocenters. The van der Waals surface area contributed by atoms with Gasteiger partial charge in [0.1, 0.15) is 0 Å². The maximum Gasteiger partial charge on any atom is 0.317 e. The lowest BCUT2D eigenvalue weighted by molar-refractivity contribution is 0.163. The van der Waals surface area contributed by atoms with Crippen LogP contribution in [0, 0.1) is 5.92 Å². The monoisotopic (exact) mass is 294 g/mol. The van der Waals surface area contributed by atoms with Gasteiger partial charge in [0.05, 0.1) is 12.6 Å². The van der Waals surface area contributed by atoms with Gasteiger partial charge in [0.25, 0.3) is 0 Å². The van der Waals surface area contributed by atoms with E-state index in [-0.39, 0.29) is 12.1 Å². The predicted octanol–water partition coefficient (Wildman–Crippen LogP) is 2.80. The van der Waals surface area contributed by atoms with Gasteiger partial charge in [-0.1, -0.05) is 6.92 Å². The lowest BCUT2D eigenvalue weighted by atomic mass is 9.98. The van der Waals surface area contributed by atoms with Crippen molar-refractivity contribution in [3.8, 4) is 0 Å². The van der Waals surface area contributed by atoms with E-state index in [1.165, 1.54) is 10.4 Å². The first kappa shape index (κ1) is 13.9. The first-order valence-corrected chi connectivity index (χ1v) is 8.36. The minimum absolute atomic E-state index is 0.0839. The molecule has 4 nitrogen and oxygen atoms in total. The van der Waals surface area contributed by atoms with E-state index in [1.807, 2.05) is 16.2 Å². The smallest absolute Gasteiger partial charge is 0.317 e. The zero-order chi connectivity index (χ0) is 13.9. The highest BCUT2D eigenvalue weighted by Gasteiger charge is 2.30. The number of urea groups is 1. The number of thiophene rings is 1. The van der Waals surface area contributed by atoms with E-state index in [4.69, 9.17) is 4.74 Å². The third kappa shape index (κ3) is 2.69. The van der Waals surface area contributed by atoms with Crippen LogP contribution >= 0.6 is 11.3 Å². The van der Waals surface area contributed by atoms with Crippen LogP contribution in [-0.2, 0) is 11.2 Å². The number of fused-ring (bicyclic) bond motifs is 1. The van der Waals surface area contributed by atoms with Crippen LogP contribution in [0.15, 0.2) is 11.4 Å². The van der Waals surface area contributed by atoms with E-state index in [2.05, 4.69) is 23.7 Å². The summed E-state index contributed by atoms with van der Waals surface area (Å²) in [6, 6.07) is 2.50. The summed E-state index contributed by atoms with van der Waals surface area (Å²) in [7, 11) is 0. The molecular formula is C15H22N2O2S. The van der Waals surface area contributed by atoms with Gasteiger partial charge in [-0.05, 0) is 36.3 Å². The molecule has 0 spiro atoms. The molecule has 1 aromatic heterocycles. The molecule has 3 heterocycles. The third-order valence-electron chi connectivity index (χ3n) is 4.31. The zero-order valence-electron chi connectivity index (χ0n) is 11.9. The Bertz CT molecular complexity index is 468. The number of ether oxygens (including phenoxy) is 1. The Labute approximate surface area is 124 Å². The molecule has 5 heteroatoms. The fraction of sp³-hybridized carbons (Fsp3) is 0.667. The summed E-state index contributed by atoms with van der Waals surface area (Å²) in [6.07, 6.45) is 3.03. The summed E-state index contributed by atoms with van der Waals surface area (Å²) < 4.78 is 5.35. The van der Waals surface area contributed by atoms with Crippen LogP contribution in [-0.4, -0.2) is 37.2 Å². The fourth-order valence-electron chi connectivity index (χ4n) is 3.16. The standard InChI is InChI=1S/C15H22N2O2S/c1-2-13-12-5-8-20-14(12)3-6-17(13)15(18)16-9-11-4-7-19-10-11/h5,8,11,13H,2-4,6-7,9-10H2,1H3,(H,16,18). The highest BCUT2D eigenvalue weighted by Crippen LogP contribution is 2.35. The Kier molecular flexibility index (Phi) is 4.27. The number of carbonyl (C=O) groups excluding carboxylic acids is 1. The molecule has 0 radical (unpaired) electrons. The summed E-state index contributed by atoms with van der Waals surface area (Å²) in [5.41, 5.74) is 1.35. The molecule has 2 atom stereocenters. The molecule has 0 bridgehead atoms. The number of hydrogen-bond acceptors (Lipinski definition) is 3. The molecule has 1 N–H and O–H groups in total. The fourth-order valence-corrected chi connectivity index (χ4v) is 4.09. The van der Waals surface area contributed by atoms with E-state index in [0.717, 1.165) is 45.6 Å². The second-order valence-electron chi connectivity index (χ2n) is 5.58. The Morgan fingerprint density at radius 2 is 2.50 bits per heavy atom. The molecule has 0 aromatic carbocycles. The van der Waals surface area contributed by atoms with Crippen LogP contribution in [0.5, 0.6) is 0 Å². The van der Waals surface area contributed by atoms with E-state index in [1.54, 1.807) is 0 Å². The molecule has 1 fully saturated rings. The largest absolute Gasteiger partial charge is 0.381 e. The van der Waals surface area contributed by atoms with Gasteiger partial charge in [0, 0.05) is 30.5 Å². The maximum atomic E-state index is 12.4. The molecule has 3 rings (SSSR count). The predicted molar refractivity (Wildman–Crippen MR) is 80.1 cm³/mol. The summed E-state index contributed by atoms with van der Waals surface area (Å²) in [6.45, 7) is 5.34. The van der Waals surface area contributed by atoms with Crippen molar-refractivity contribution in [2.45, 2.75) is 32.2 Å². The van der Waals surface area contributed by atoms with Crippen LogP contribution in [0.4, 0.5) is 4.79 Å². The van der Waals surface area contributed by atoms with Gasteiger partial charge in [0.2, 0.25) is 0 Å². The van der Waals surface area contributed by atoms with Crippen molar-refractivity contribution >= 4 is 17.4 Å². The Balaban J connectivity index is 1.62. The summed E-state index contributed by atoms with van der Waals surface area (Å²) in [5.74, 6) is 0.487. The molecule has 1 aromatic rings. The van der Waals surface area contributed by atoms with Crippen LogP contribution < -0.4 is 5.32 Å². The Morgan fingerprint density at radius 3 is 3.25 bits per heavy atom. The molecule has 2 aliphatic heterocycles. The molecule has 20 heavy (non-hydrogen) atoms. The number of rotatable bonds is 3. The number of nitrogens with one attached hydrogen (secondary N) is 1. The van der Waals surface area contributed by atoms with E-state index in [0.29, 0.717) is 5.92 Å². The molecule has 0 aliphatic carbocycles. The molecule has 1 saturated heterocycles. The van der Waals surface area contributed by atoms with Crippen LogP contribution in [0.2, 0.25) is 0 Å². The van der Waals surface area contributed by atoms with Crippen LogP contribution in [0.25, 0.3) is 0 Å². The second kappa shape index (κ2) is 6.14. The van der Waals surface area contributed by atoms with Gasteiger partial charge < -0.3 is 15.0 Å². The van der Waals surface area contributed by atoms with Crippen molar-refractivity contribution < 1.29 is 9.53 Å². The highest BCUT2D eigenvalue weighted by molar-refractivity contribution is 7.10. The lowest BCUT2D eigenvalue weighted by Crippen LogP contribution is -2.46. The number of amides is 2. The van der Waals surface area contributed by atoms with Gasteiger partial charge in [-0.15, -0.1) is 11.3 Å². The molecule has 0 saturated carbocycles. The van der Waals surface area contributed by atoms with Crippen molar-refractivity contribution in [1.29, 1.82) is 0 Å². The number of hydrogen-bond donors (Lipinski definition) is 1. The van der Waals surface area contributed by atoms with Crippen molar-refractivity contribution in [3.63, 3.8) is 0 Å². The summed E-state index contributed by atoms with van der Waals surface area (Å²) in [4.78, 5) is 15.9. The van der Waals surface area contributed by atoms with Gasteiger partial charge >= 0.3 is 6.03 Å². The van der Waals surface area contributed by atoms with E-state index < -0.39 is 0 Å². The third-order valence-corrected chi connectivity index (χ3v) is 5.30. The maximum absolute atomic E-state index is 12.4. The van der Waals surface area contributed by atoms with Gasteiger partial charge in [-0.2, -0.15) is 0 Å². The average molecular weight is 294 g/mol. The Hall–Kier alpha value is -1.07. The van der Waals surface area contributed by atoms with Crippen molar-refractivity contribution in [2.75, 3.05) is 26.3 Å². The highest BCUT2D eigenvalue weighted by atomic mass is 32.1. The summed E-state index contributed by atoms with van der Waals surface area (Å²) in [5, 5.41) is 5.24. The molecule has 2 amide bonds. The SMILES string of the molecule is CCC1c2ccsc2CCN1C(=O)NCC1CCOC1. The van der Waals surface area contributed by atoms with Crippen LogP contribution in [0.3, 0.4) is 0 Å². The van der Waals surface area contributed by atoms with Crippen molar-refractivity contribution in [3.05, 3.63) is 21.9 Å². The minimum Gasteiger partial charge on any atom is -0.381 e. The molecule has 2 aliphatic rings. The van der Waals surface area contributed by atoms with Crippen LogP contribution in [0.1, 0.15) is 36.2 Å². The van der Waals surface area contributed by atoms with Gasteiger partial charge in [-0.25, -0.2) is 4.79 Å². The quantitative estimate of drug-likeness (QED) is 0.931. The first-order chi connectivity index (χ1) is 9.79. The van der Waals surface area contributed by atoms with Gasteiger partial charge in [0.15, 0.2) is 0 Å². The van der Waals surface area contributed by atoms with E-state index in [9.17, 15) is 4.79 Å². The average Bonchev–Trinajstić information content (AvgIpc) is 3.14. The lowest BCUT2D eigenvalue weighted by Gasteiger charge is -2.35. The van der Waals surface area contributed by atoms with Gasteiger partial charge in [-0.3, -0.25) is 0 Å². The summed E-state index contributed by atoms with van der Waals surface area (Å²) >= 11 is 1.82. The van der Waals surface area contributed by atoms with Crippen molar-refractivity contribution in [1.82, 2.24) is 10.2 Å². The second-order valence-corrected chi connectivity index (χ2v) is 6.58. The van der Waals surface area contributed by atoms with E-state index >= 15 is 0 Å². The Morgan fingerprint density at radius 1 is 1.60 bits per heavy atom. The normalized spacial score (nSPS) is 25.6. The molecule has 110 valence electrons. The minimum atomic E-state index is 0.0839. The van der Waals surface area contributed by atoms with Crippen molar-refractivity contribution in [2.24, 2.45) is 5.92 Å². The topological polar surface area (TPSA) is 41.6 Å². The first-order valence-electron chi connectivity index (χ1n) is 7.48. The number of carbonyl (C=O) groups is 1. The molecular weight excluding hydrogens is 272 g/mol.